The van der Waals surface area contributed by atoms with Gasteiger partial charge in [0.15, 0.2) is 0 Å². The van der Waals surface area contributed by atoms with Crippen LogP contribution in [0.2, 0.25) is 0 Å². The molecule has 1 aromatic carbocycles. The summed E-state index contributed by atoms with van der Waals surface area (Å²) in [5.74, 6) is 0.953. The Labute approximate surface area is 171 Å². The fourth-order valence-electron chi connectivity index (χ4n) is 1.47. The Bertz CT molecular complexity index is 519. The molecule has 1 aliphatic rings. The SMILES string of the molecule is COc1cc(O)cc(C(C)(C)C)c1.C[C](C)=[Ti+].[C-]1=CC=CC1.[Cl-].[Cl-]. The van der Waals surface area contributed by atoms with E-state index < -0.39 is 0 Å². The van der Waals surface area contributed by atoms with Crippen LogP contribution in [0.3, 0.4) is 0 Å². The van der Waals surface area contributed by atoms with E-state index in [1.165, 1.54) is 3.81 Å². The molecule has 135 valence electrons. The van der Waals surface area contributed by atoms with E-state index in [2.05, 4.69) is 66.7 Å². The molecule has 2 rings (SSSR count). The van der Waals surface area contributed by atoms with Crippen molar-refractivity contribution in [2.45, 2.75) is 46.5 Å². The number of halogens is 2. The molecular weight excluding hydrogens is 379 g/mol. The van der Waals surface area contributed by atoms with Crippen LogP contribution >= 0.6 is 0 Å². The van der Waals surface area contributed by atoms with Crippen LogP contribution in [0.1, 0.15) is 46.6 Å². The summed E-state index contributed by atoms with van der Waals surface area (Å²) in [7, 11) is 1.60. The number of phenolic OH excluding ortho intramolecular Hbond substituents is 1. The third-order valence-electron chi connectivity index (χ3n) is 2.58. The second kappa shape index (κ2) is 14.8. The van der Waals surface area contributed by atoms with Crippen LogP contribution in [0.4, 0.5) is 0 Å². The molecular formula is C19H27Cl2O2Ti-2. The molecule has 0 radical (unpaired) electrons. The van der Waals surface area contributed by atoms with Crippen molar-refractivity contribution < 1.29 is 54.6 Å². The van der Waals surface area contributed by atoms with E-state index in [0.29, 0.717) is 5.75 Å². The normalized spacial score (nSPS) is 11.0. The first-order chi connectivity index (χ1) is 10.2. The molecule has 2 nitrogen and oxygen atoms in total. The largest absolute Gasteiger partial charge is 1.00 e. The Hall–Kier alpha value is -0.536. The van der Waals surface area contributed by atoms with Gasteiger partial charge in [0.1, 0.15) is 11.5 Å². The van der Waals surface area contributed by atoms with Gasteiger partial charge in [-0.15, -0.1) is 6.42 Å². The van der Waals surface area contributed by atoms with E-state index in [4.69, 9.17) is 4.74 Å². The predicted molar refractivity (Wildman–Crippen MR) is 91.3 cm³/mol. The summed E-state index contributed by atoms with van der Waals surface area (Å²) in [5, 5.41) is 9.41. The smallest absolute Gasteiger partial charge is 0.109 e. The zero-order valence-electron chi connectivity index (χ0n) is 15.3. The van der Waals surface area contributed by atoms with E-state index in [0.717, 1.165) is 12.0 Å². The van der Waals surface area contributed by atoms with Gasteiger partial charge in [-0.2, -0.15) is 6.08 Å². The molecule has 0 spiro atoms. The summed E-state index contributed by atoms with van der Waals surface area (Å²) in [6, 6.07) is 5.32. The molecule has 0 aliphatic heterocycles. The molecule has 24 heavy (non-hydrogen) atoms. The maximum atomic E-state index is 9.41. The Morgan fingerprint density at radius 1 is 1.17 bits per heavy atom. The first kappa shape index (κ1) is 28.3. The van der Waals surface area contributed by atoms with Gasteiger partial charge in [-0.1, -0.05) is 20.8 Å². The molecule has 0 heterocycles. The number of aromatic hydroxyl groups is 1. The number of methoxy groups -OCH3 is 1. The van der Waals surface area contributed by atoms with Gasteiger partial charge in [0, 0.05) is 6.07 Å². The molecule has 1 aliphatic carbocycles. The minimum absolute atomic E-state index is 0. The monoisotopic (exact) mass is 405 g/mol. The van der Waals surface area contributed by atoms with Gasteiger partial charge < -0.3 is 34.7 Å². The van der Waals surface area contributed by atoms with Crippen molar-refractivity contribution in [3.8, 4) is 11.5 Å². The van der Waals surface area contributed by atoms with E-state index in [-0.39, 0.29) is 36.0 Å². The summed E-state index contributed by atoms with van der Waals surface area (Å²) in [5.41, 5.74) is 1.11. The van der Waals surface area contributed by atoms with Gasteiger partial charge >= 0.3 is 37.6 Å². The molecule has 5 heteroatoms. The Morgan fingerprint density at radius 2 is 1.71 bits per heavy atom. The Morgan fingerprint density at radius 3 is 2.00 bits per heavy atom. The standard InChI is InChI=1S/C11H16O2.C5H5.C3H6.2ClH.Ti/c1-11(2,3)8-5-9(12)7-10(6-8)13-4;1-2-4-5-3-1;1-3-2;;;/h5-7,12H,1-4H3;1-3H,4H2;1-2H3;2*1H;/q;-1;;;;+1/p-2. The van der Waals surface area contributed by atoms with Crippen molar-refractivity contribution in [2.75, 3.05) is 7.11 Å². The fourth-order valence-corrected chi connectivity index (χ4v) is 1.47. The molecule has 1 N–H and O–H groups in total. The van der Waals surface area contributed by atoms with E-state index >= 15 is 0 Å². The number of rotatable bonds is 1. The summed E-state index contributed by atoms with van der Waals surface area (Å²) in [4.78, 5) is 0. The van der Waals surface area contributed by atoms with Crippen LogP contribution in [-0.2, 0) is 25.4 Å². The fraction of sp³-hybridized carbons (Fsp3) is 0.421. The number of benzene rings is 1. The van der Waals surface area contributed by atoms with Crippen molar-refractivity contribution in [1.82, 2.24) is 0 Å². The Kier molecular flexibility index (Phi) is 17.4. The Balaban J connectivity index is -0.000000335. The maximum absolute atomic E-state index is 9.41. The first-order valence-electron chi connectivity index (χ1n) is 7.29. The number of phenols is 1. The van der Waals surface area contributed by atoms with Gasteiger partial charge in [-0.05, 0) is 23.1 Å². The van der Waals surface area contributed by atoms with Crippen LogP contribution in [0, 0.1) is 6.08 Å². The van der Waals surface area contributed by atoms with Crippen LogP contribution in [-0.4, -0.2) is 16.0 Å². The van der Waals surface area contributed by atoms with Gasteiger partial charge in [-0.3, -0.25) is 6.08 Å². The zero-order chi connectivity index (χ0) is 17.2. The quantitative estimate of drug-likeness (QED) is 0.467. The van der Waals surface area contributed by atoms with E-state index in [1.54, 1.807) is 19.2 Å². The number of hydrogen-bond acceptors (Lipinski definition) is 2. The summed E-state index contributed by atoms with van der Waals surface area (Å²) < 4.78 is 6.49. The van der Waals surface area contributed by atoms with Gasteiger partial charge in [0.25, 0.3) is 0 Å². The minimum atomic E-state index is 0. The number of hydrogen-bond donors (Lipinski definition) is 1. The summed E-state index contributed by atoms with van der Waals surface area (Å²) in [6.07, 6.45) is 10.0. The van der Waals surface area contributed by atoms with Crippen LogP contribution in [0.25, 0.3) is 0 Å². The summed E-state index contributed by atoms with van der Waals surface area (Å²) in [6.45, 7) is 10.5. The molecule has 0 atom stereocenters. The van der Waals surface area contributed by atoms with Crippen molar-refractivity contribution in [2.24, 2.45) is 0 Å². The molecule has 0 saturated carbocycles. The van der Waals surface area contributed by atoms with Crippen LogP contribution in [0.5, 0.6) is 11.5 Å². The maximum Gasteiger partial charge on any atom is -0.109 e. The molecule has 0 aromatic heterocycles. The van der Waals surface area contributed by atoms with E-state index in [1.807, 2.05) is 18.2 Å². The minimum Gasteiger partial charge on any atom is -1.00 e. The molecule has 1 aromatic rings. The first-order valence-corrected chi connectivity index (χ1v) is 8.07. The third kappa shape index (κ3) is 15.0. The second-order valence-electron chi connectivity index (χ2n) is 6.17. The number of ether oxygens (including phenoxy) is 1. The van der Waals surface area contributed by atoms with Crippen molar-refractivity contribution in [3.63, 3.8) is 0 Å². The average molecular weight is 406 g/mol. The topological polar surface area (TPSA) is 29.5 Å². The summed E-state index contributed by atoms with van der Waals surface area (Å²) >= 11 is 2.08. The molecule has 0 saturated heterocycles. The average Bonchev–Trinajstić information content (AvgIpc) is 2.95. The van der Waals surface area contributed by atoms with Crippen molar-refractivity contribution >= 4 is 3.81 Å². The van der Waals surface area contributed by atoms with Crippen LogP contribution in [0.15, 0.2) is 36.4 Å². The molecule has 0 unspecified atom stereocenters. The third-order valence-corrected chi connectivity index (χ3v) is 2.58. The molecule has 0 bridgehead atoms. The molecule has 0 amide bonds. The second-order valence-corrected chi connectivity index (χ2v) is 7.73. The predicted octanol–water partition coefficient (Wildman–Crippen LogP) is -1.24. The van der Waals surface area contributed by atoms with E-state index in [9.17, 15) is 5.11 Å². The van der Waals surface area contributed by atoms with Crippen molar-refractivity contribution in [3.05, 3.63) is 48.1 Å². The molecule has 0 fully saturated rings. The van der Waals surface area contributed by atoms with Gasteiger partial charge in [0.2, 0.25) is 0 Å². The van der Waals surface area contributed by atoms with Gasteiger partial charge in [-0.25, -0.2) is 12.2 Å². The van der Waals surface area contributed by atoms with Crippen LogP contribution < -0.4 is 29.6 Å². The number of allylic oxidation sites excluding steroid dienone is 4. The van der Waals surface area contributed by atoms with Crippen molar-refractivity contribution in [1.29, 1.82) is 0 Å². The van der Waals surface area contributed by atoms with Gasteiger partial charge in [0.05, 0.1) is 7.11 Å². The zero-order valence-corrected chi connectivity index (χ0v) is 18.4.